The van der Waals surface area contributed by atoms with E-state index in [2.05, 4.69) is 20.6 Å². The molecule has 4 aromatic rings. The van der Waals surface area contributed by atoms with Gasteiger partial charge in [-0.15, -0.1) is 5.10 Å². The number of nitrogens with one attached hydrogen (secondary N) is 2. The van der Waals surface area contributed by atoms with Gasteiger partial charge >= 0.3 is 0 Å². The van der Waals surface area contributed by atoms with Gasteiger partial charge in [-0.05, 0) is 42.7 Å². The van der Waals surface area contributed by atoms with Crippen LogP contribution in [-0.2, 0) is 22.6 Å². The van der Waals surface area contributed by atoms with Gasteiger partial charge in [0.25, 0.3) is 11.8 Å². The van der Waals surface area contributed by atoms with E-state index in [9.17, 15) is 9.59 Å². The molecule has 3 heterocycles. The average molecular weight is 466 g/mol. The number of amides is 2. The molecule has 0 unspecified atom stereocenters. The standard InChI is InChI=1S/C23H17Cl2N5O2/c24-14-8-13(9-15(25)10-14)4-3-7-30-12-19(28-29-30)21-20(22(31)27-23(21)32)17-11-26-18-6-2-1-5-16(17)18/h1-2,5-6,8-12,26H,3-4,7H2,(H,27,31,32). The molecule has 2 aromatic carbocycles. The van der Waals surface area contributed by atoms with Crippen molar-refractivity contribution in [2.75, 3.05) is 0 Å². The zero-order valence-corrected chi connectivity index (χ0v) is 18.2. The zero-order valence-electron chi connectivity index (χ0n) is 16.7. The van der Waals surface area contributed by atoms with E-state index in [4.69, 9.17) is 23.2 Å². The number of aryl methyl sites for hydroxylation is 2. The van der Waals surface area contributed by atoms with Crippen LogP contribution in [0, 0.1) is 0 Å². The number of imide groups is 1. The summed E-state index contributed by atoms with van der Waals surface area (Å²) in [6.45, 7) is 0.586. The highest BCUT2D eigenvalue weighted by atomic mass is 35.5. The van der Waals surface area contributed by atoms with Crippen LogP contribution in [0.3, 0.4) is 0 Å². The number of benzene rings is 2. The van der Waals surface area contributed by atoms with Gasteiger partial charge in [0, 0.05) is 39.3 Å². The summed E-state index contributed by atoms with van der Waals surface area (Å²) in [5.41, 5.74) is 3.46. The lowest BCUT2D eigenvalue weighted by Gasteiger charge is -2.03. The summed E-state index contributed by atoms with van der Waals surface area (Å²) in [7, 11) is 0. The van der Waals surface area contributed by atoms with E-state index in [0.717, 1.165) is 29.3 Å². The van der Waals surface area contributed by atoms with E-state index in [1.165, 1.54) is 0 Å². The molecule has 2 amide bonds. The number of para-hydroxylation sites is 1. The number of H-pyrrole nitrogens is 1. The molecule has 0 spiro atoms. The molecule has 2 N–H and O–H groups in total. The normalized spacial score (nSPS) is 13.9. The van der Waals surface area contributed by atoms with Gasteiger partial charge in [-0.25, -0.2) is 0 Å². The summed E-state index contributed by atoms with van der Waals surface area (Å²) in [6.07, 6.45) is 4.96. The Morgan fingerprint density at radius 2 is 1.72 bits per heavy atom. The number of halogens is 2. The number of fused-ring (bicyclic) bond motifs is 1. The molecule has 9 heteroatoms. The second-order valence-electron chi connectivity index (χ2n) is 7.53. The fourth-order valence-electron chi connectivity index (χ4n) is 3.96. The van der Waals surface area contributed by atoms with Crippen molar-refractivity contribution in [1.29, 1.82) is 0 Å². The molecule has 32 heavy (non-hydrogen) atoms. The van der Waals surface area contributed by atoms with Crippen molar-refractivity contribution in [3.05, 3.63) is 81.7 Å². The van der Waals surface area contributed by atoms with Crippen LogP contribution >= 0.6 is 23.2 Å². The maximum atomic E-state index is 12.6. The molecule has 0 bridgehead atoms. The third-order valence-corrected chi connectivity index (χ3v) is 5.80. The minimum atomic E-state index is -0.476. The van der Waals surface area contributed by atoms with Crippen molar-refractivity contribution in [3.8, 4) is 0 Å². The third-order valence-electron chi connectivity index (χ3n) is 5.36. The van der Waals surface area contributed by atoms with Crippen LogP contribution in [0.4, 0.5) is 0 Å². The van der Waals surface area contributed by atoms with E-state index < -0.39 is 11.8 Å². The van der Waals surface area contributed by atoms with Gasteiger partial charge in [-0.2, -0.15) is 0 Å². The Bertz CT molecular complexity index is 1380. The predicted octanol–water partition coefficient (Wildman–Crippen LogP) is 4.27. The lowest BCUT2D eigenvalue weighted by Crippen LogP contribution is -2.22. The Labute approximate surface area is 193 Å². The number of aromatic amines is 1. The highest BCUT2D eigenvalue weighted by molar-refractivity contribution is 6.49. The average Bonchev–Trinajstić information content (AvgIpc) is 3.44. The minimum absolute atomic E-state index is 0.229. The van der Waals surface area contributed by atoms with E-state index in [1.807, 2.05) is 36.4 Å². The van der Waals surface area contributed by atoms with Crippen molar-refractivity contribution < 1.29 is 9.59 Å². The number of hydrogen-bond donors (Lipinski definition) is 2. The first-order valence-corrected chi connectivity index (χ1v) is 10.8. The highest BCUT2D eigenvalue weighted by Crippen LogP contribution is 2.34. The van der Waals surface area contributed by atoms with E-state index in [0.29, 0.717) is 33.4 Å². The molecule has 5 rings (SSSR count). The fourth-order valence-corrected chi connectivity index (χ4v) is 4.53. The number of carbonyl (C=O) groups is 2. The monoisotopic (exact) mass is 465 g/mol. The molecule has 7 nitrogen and oxygen atoms in total. The van der Waals surface area contributed by atoms with E-state index in [-0.39, 0.29) is 5.57 Å². The number of aromatic nitrogens is 4. The number of hydrogen-bond acceptors (Lipinski definition) is 4. The van der Waals surface area contributed by atoms with Crippen LogP contribution in [0.15, 0.2) is 54.9 Å². The van der Waals surface area contributed by atoms with Crippen molar-refractivity contribution in [3.63, 3.8) is 0 Å². The zero-order chi connectivity index (χ0) is 22.2. The summed E-state index contributed by atoms with van der Waals surface area (Å²) in [5.74, 6) is -0.918. The van der Waals surface area contributed by atoms with E-state index >= 15 is 0 Å². The molecular weight excluding hydrogens is 449 g/mol. The molecule has 0 saturated heterocycles. The molecule has 2 aromatic heterocycles. The van der Waals surface area contributed by atoms with E-state index in [1.54, 1.807) is 23.1 Å². The van der Waals surface area contributed by atoms with Gasteiger partial charge in [0.05, 0.1) is 17.3 Å². The SMILES string of the molecule is O=C1NC(=O)C(c2c[nH]c3ccccc23)=C1c1cn(CCCc2cc(Cl)cc(Cl)c2)nn1. The maximum Gasteiger partial charge on any atom is 0.261 e. The smallest absolute Gasteiger partial charge is 0.261 e. The van der Waals surface area contributed by atoms with Crippen molar-refractivity contribution in [2.24, 2.45) is 0 Å². The lowest BCUT2D eigenvalue weighted by molar-refractivity contribution is -0.122. The maximum absolute atomic E-state index is 12.6. The Morgan fingerprint density at radius 3 is 2.53 bits per heavy atom. The predicted molar refractivity (Wildman–Crippen MR) is 123 cm³/mol. The molecule has 160 valence electrons. The van der Waals surface area contributed by atoms with Crippen molar-refractivity contribution in [1.82, 2.24) is 25.3 Å². The molecule has 0 saturated carbocycles. The minimum Gasteiger partial charge on any atom is -0.361 e. The van der Waals surface area contributed by atoms with Crippen LogP contribution in [0.2, 0.25) is 10.0 Å². The first-order valence-electron chi connectivity index (χ1n) is 10.0. The molecular formula is C23H17Cl2N5O2. The molecule has 1 aliphatic rings. The van der Waals surface area contributed by atoms with Crippen molar-refractivity contribution >= 4 is 57.1 Å². The largest absolute Gasteiger partial charge is 0.361 e. The number of carbonyl (C=O) groups excluding carboxylic acids is 2. The van der Waals surface area contributed by atoms with Crippen LogP contribution in [-0.4, -0.2) is 31.8 Å². The summed E-state index contributed by atoms with van der Waals surface area (Å²) in [4.78, 5) is 28.4. The van der Waals surface area contributed by atoms with Crippen LogP contribution in [0.25, 0.3) is 22.0 Å². The van der Waals surface area contributed by atoms with Gasteiger partial charge < -0.3 is 4.98 Å². The third kappa shape index (κ3) is 3.81. The summed E-state index contributed by atoms with van der Waals surface area (Å²) in [5, 5.41) is 12.8. The highest BCUT2D eigenvalue weighted by Gasteiger charge is 2.34. The Balaban J connectivity index is 1.41. The van der Waals surface area contributed by atoms with Crippen LogP contribution in [0.1, 0.15) is 23.2 Å². The number of nitrogens with zero attached hydrogens (tertiary/aromatic N) is 3. The van der Waals surface area contributed by atoms with Gasteiger partial charge in [0.15, 0.2) is 0 Å². The molecule has 1 aliphatic heterocycles. The summed E-state index contributed by atoms with van der Waals surface area (Å²) < 4.78 is 1.66. The first-order chi connectivity index (χ1) is 15.5. The molecule has 0 fully saturated rings. The Kier molecular flexibility index (Phi) is 5.28. The second kappa shape index (κ2) is 8.26. The number of rotatable bonds is 6. The van der Waals surface area contributed by atoms with Crippen molar-refractivity contribution in [2.45, 2.75) is 19.4 Å². The molecule has 0 aliphatic carbocycles. The summed E-state index contributed by atoms with van der Waals surface area (Å²) in [6, 6.07) is 13.1. The fraction of sp³-hybridized carbons (Fsp3) is 0.130. The van der Waals surface area contributed by atoms with Gasteiger partial charge in [-0.1, -0.05) is 46.6 Å². The van der Waals surface area contributed by atoms with Gasteiger partial charge in [0.1, 0.15) is 5.69 Å². The van der Waals surface area contributed by atoms with Crippen LogP contribution < -0.4 is 5.32 Å². The topological polar surface area (TPSA) is 92.7 Å². The lowest BCUT2D eigenvalue weighted by atomic mass is 9.99. The second-order valence-corrected chi connectivity index (χ2v) is 8.40. The Hall–Kier alpha value is -3.42. The molecule has 0 atom stereocenters. The Morgan fingerprint density at radius 1 is 0.969 bits per heavy atom. The quantitative estimate of drug-likeness (QED) is 0.416. The van der Waals surface area contributed by atoms with Gasteiger partial charge in [-0.3, -0.25) is 19.6 Å². The first kappa shape index (κ1) is 20.5. The van der Waals surface area contributed by atoms with Crippen LogP contribution in [0.5, 0.6) is 0 Å². The molecule has 0 radical (unpaired) electrons. The summed E-state index contributed by atoms with van der Waals surface area (Å²) >= 11 is 12.1. The van der Waals surface area contributed by atoms with Gasteiger partial charge in [0.2, 0.25) is 0 Å².